The molecular formula is C14H27NO2. The van der Waals surface area contributed by atoms with Crippen LogP contribution in [0.25, 0.3) is 0 Å². The number of hydrogen-bond acceptors (Lipinski definition) is 3. The van der Waals surface area contributed by atoms with Crippen LogP contribution in [0.2, 0.25) is 0 Å². The van der Waals surface area contributed by atoms with Crippen molar-refractivity contribution in [3.8, 4) is 0 Å². The molecule has 1 saturated heterocycles. The number of nitrogens with one attached hydrogen (secondary N) is 1. The van der Waals surface area contributed by atoms with E-state index in [1.165, 1.54) is 19.3 Å². The van der Waals surface area contributed by atoms with Gasteiger partial charge < -0.3 is 10.1 Å². The predicted octanol–water partition coefficient (Wildman–Crippen LogP) is 2.54. The van der Waals surface area contributed by atoms with E-state index >= 15 is 0 Å². The number of unbranched alkanes of at least 4 members (excludes halogenated alkanes) is 1. The Kier molecular flexibility index (Phi) is 6.75. The van der Waals surface area contributed by atoms with E-state index in [2.05, 4.69) is 19.2 Å². The summed E-state index contributed by atoms with van der Waals surface area (Å²) in [6.45, 7) is 5.21. The molecule has 3 nitrogen and oxygen atoms in total. The molecule has 3 heteroatoms. The van der Waals surface area contributed by atoms with Crippen LogP contribution in [-0.2, 0) is 9.53 Å². The van der Waals surface area contributed by atoms with Crippen LogP contribution >= 0.6 is 0 Å². The zero-order chi connectivity index (χ0) is 12.7. The molecule has 100 valence electrons. The fourth-order valence-corrected chi connectivity index (χ4v) is 2.50. The number of methoxy groups -OCH3 is 1. The second-order valence-electron chi connectivity index (χ2n) is 5.14. The third-order valence-electron chi connectivity index (χ3n) is 3.85. The lowest BCUT2D eigenvalue weighted by atomic mass is 9.91. The van der Waals surface area contributed by atoms with Gasteiger partial charge >= 0.3 is 0 Å². The topological polar surface area (TPSA) is 38.3 Å². The standard InChI is InChI=1S/C14H27NO2/c1-4-6-7-11(5-2)8-14(16)13-9-12(17-3)10-15-13/h11-13,15H,4-10H2,1-3H3. The number of ketones is 1. The summed E-state index contributed by atoms with van der Waals surface area (Å²) >= 11 is 0. The molecule has 0 aromatic rings. The summed E-state index contributed by atoms with van der Waals surface area (Å²) in [4.78, 5) is 12.1. The van der Waals surface area contributed by atoms with Gasteiger partial charge in [0.15, 0.2) is 0 Å². The third-order valence-corrected chi connectivity index (χ3v) is 3.85. The number of carbonyl (C=O) groups excluding carboxylic acids is 1. The van der Waals surface area contributed by atoms with Crippen LogP contribution in [-0.4, -0.2) is 31.6 Å². The molecule has 3 unspecified atom stereocenters. The predicted molar refractivity (Wildman–Crippen MR) is 70.1 cm³/mol. The van der Waals surface area contributed by atoms with Crippen LogP contribution < -0.4 is 5.32 Å². The minimum atomic E-state index is 0.0376. The SMILES string of the molecule is CCCCC(CC)CC(=O)C1CC(OC)CN1. The molecule has 1 aliphatic heterocycles. The number of ether oxygens (including phenoxy) is 1. The number of Topliss-reactive ketones (excluding diaryl/α,β-unsaturated/α-hetero) is 1. The van der Waals surface area contributed by atoms with Crippen LogP contribution in [0.1, 0.15) is 52.4 Å². The molecule has 1 fully saturated rings. The fourth-order valence-electron chi connectivity index (χ4n) is 2.50. The summed E-state index contributed by atoms with van der Waals surface area (Å²) in [5.74, 6) is 0.957. The number of rotatable bonds is 8. The summed E-state index contributed by atoms with van der Waals surface area (Å²) in [5, 5.41) is 3.27. The first-order chi connectivity index (χ1) is 8.21. The van der Waals surface area contributed by atoms with E-state index < -0.39 is 0 Å². The molecule has 0 bridgehead atoms. The normalized spacial score (nSPS) is 26.1. The highest BCUT2D eigenvalue weighted by atomic mass is 16.5. The summed E-state index contributed by atoms with van der Waals surface area (Å²) in [7, 11) is 1.72. The van der Waals surface area contributed by atoms with Gasteiger partial charge in [-0.25, -0.2) is 0 Å². The molecule has 1 heterocycles. The molecule has 0 amide bonds. The zero-order valence-electron chi connectivity index (χ0n) is 11.5. The highest BCUT2D eigenvalue weighted by Gasteiger charge is 2.29. The molecule has 0 radical (unpaired) electrons. The largest absolute Gasteiger partial charge is 0.380 e. The first-order valence-corrected chi connectivity index (χ1v) is 7.00. The van der Waals surface area contributed by atoms with Crippen molar-refractivity contribution >= 4 is 5.78 Å². The van der Waals surface area contributed by atoms with Crippen LogP contribution in [0.3, 0.4) is 0 Å². The molecule has 0 aromatic heterocycles. The highest BCUT2D eigenvalue weighted by Crippen LogP contribution is 2.20. The maximum absolute atomic E-state index is 12.1. The van der Waals surface area contributed by atoms with E-state index in [0.29, 0.717) is 11.7 Å². The minimum absolute atomic E-state index is 0.0376. The van der Waals surface area contributed by atoms with Gasteiger partial charge in [-0.2, -0.15) is 0 Å². The van der Waals surface area contributed by atoms with Gasteiger partial charge in [-0.3, -0.25) is 4.79 Å². The van der Waals surface area contributed by atoms with E-state index in [0.717, 1.165) is 25.8 Å². The maximum Gasteiger partial charge on any atom is 0.150 e. The smallest absolute Gasteiger partial charge is 0.150 e. The first-order valence-electron chi connectivity index (χ1n) is 7.00. The van der Waals surface area contributed by atoms with Gasteiger partial charge in [-0.1, -0.05) is 39.5 Å². The van der Waals surface area contributed by atoms with Gasteiger partial charge in [-0.15, -0.1) is 0 Å². The Hall–Kier alpha value is -0.410. The lowest BCUT2D eigenvalue weighted by molar-refractivity contribution is -0.121. The van der Waals surface area contributed by atoms with Crippen LogP contribution in [0.4, 0.5) is 0 Å². The lowest BCUT2D eigenvalue weighted by Crippen LogP contribution is -2.31. The van der Waals surface area contributed by atoms with Crippen molar-refractivity contribution in [2.75, 3.05) is 13.7 Å². The third kappa shape index (κ3) is 4.76. The van der Waals surface area contributed by atoms with Crippen LogP contribution in [0.15, 0.2) is 0 Å². The quantitative estimate of drug-likeness (QED) is 0.709. The molecule has 17 heavy (non-hydrogen) atoms. The lowest BCUT2D eigenvalue weighted by Gasteiger charge is -2.16. The Morgan fingerprint density at radius 3 is 2.76 bits per heavy atom. The maximum atomic E-state index is 12.1. The van der Waals surface area contributed by atoms with E-state index in [-0.39, 0.29) is 12.1 Å². The van der Waals surface area contributed by atoms with Crippen molar-refractivity contribution in [3.05, 3.63) is 0 Å². The average molecular weight is 241 g/mol. The van der Waals surface area contributed by atoms with Crippen molar-refractivity contribution in [2.24, 2.45) is 5.92 Å². The van der Waals surface area contributed by atoms with Crippen molar-refractivity contribution in [1.82, 2.24) is 5.32 Å². The van der Waals surface area contributed by atoms with Gasteiger partial charge in [0.05, 0.1) is 12.1 Å². The first kappa shape index (κ1) is 14.7. The second-order valence-corrected chi connectivity index (χ2v) is 5.14. The van der Waals surface area contributed by atoms with E-state index in [4.69, 9.17) is 4.74 Å². The molecule has 0 spiro atoms. The zero-order valence-corrected chi connectivity index (χ0v) is 11.5. The summed E-state index contributed by atoms with van der Waals surface area (Å²) in [5.41, 5.74) is 0. The fraction of sp³-hybridized carbons (Fsp3) is 0.929. The Morgan fingerprint density at radius 2 is 2.24 bits per heavy atom. The van der Waals surface area contributed by atoms with Crippen molar-refractivity contribution in [1.29, 1.82) is 0 Å². The van der Waals surface area contributed by atoms with Gasteiger partial charge in [0, 0.05) is 20.1 Å². The molecule has 3 atom stereocenters. The van der Waals surface area contributed by atoms with Gasteiger partial charge in [0.1, 0.15) is 5.78 Å². The van der Waals surface area contributed by atoms with Gasteiger partial charge in [0.2, 0.25) is 0 Å². The molecule has 0 saturated carbocycles. The number of carbonyl (C=O) groups is 1. The van der Waals surface area contributed by atoms with Crippen molar-refractivity contribution in [3.63, 3.8) is 0 Å². The molecule has 0 aliphatic carbocycles. The van der Waals surface area contributed by atoms with E-state index in [1.54, 1.807) is 7.11 Å². The Balaban J connectivity index is 2.32. The second kappa shape index (κ2) is 7.83. The number of hydrogen-bond donors (Lipinski definition) is 1. The minimum Gasteiger partial charge on any atom is -0.380 e. The summed E-state index contributed by atoms with van der Waals surface area (Å²) in [6, 6.07) is 0.0376. The van der Waals surface area contributed by atoms with Crippen molar-refractivity contribution in [2.45, 2.75) is 64.5 Å². The molecule has 1 N–H and O–H groups in total. The van der Waals surface area contributed by atoms with Crippen LogP contribution in [0, 0.1) is 5.92 Å². The van der Waals surface area contributed by atoms with E-state index in [9.17, 15) is 4.79 Å². The Bertz CT molecular complexity index is 230. The summed E-state index contributed by atoms with van der Waals surface area (Å²) < 4.78 is 5.27. The molecule has 0 aromatic carbocycles. The van der Waals surface area contributed by atoms with Crippen molar-refractivity contribution < 1.29 is 9.53 Å². The molecular weight excluding hydrogens is 214 g/mol. The Labute approximate surface area is 105 Å². The molecule has 1 aliphatic rings. The van der Waals surface area contributed by atoms with Crippen LogP contribution in [0.5, 0.6) is 0 Å². The average Bonchev–Trinajstić information content (AvgIpc) is 2.83. The van der Waals surface area contributed by atoms with Gasteiger partial charge in [-0.05, 0) is 12.3 Å². The summed E-state index contributed by atoms with van der Waals surface area (Å²) in [6.07, 6.45) is 6.58. The molecule has 1 rings (SSSR count). The van der Waals surface area contributed by atoms with Gasteiger partial charge in [0.25, 0.3) is 0 Å². The highest BCUT2D eigenvalue weighted by molar-refractivity contribution is 5.84. The Morgan fingerprint density at radius 1 is 1.47 bits per heavy atom. The monoisotopic (exact) mass is 241 g/mol. The van der Waals surface area contributed by atoms with E-state index in [1.807, 2.05) is 0 Å².